The standard InChI is InChI=1S/C27H29F2N5O3/c1-16-3-2-4-19(31-16)13-30-26(35)21-15-34(14-17-5-6-17)10-9-23(21)32-27(36)24-12-25(37-33-24)20-8-7-18(28)11-22(20)29/h2-4,7-8,11-12,17,21,23H,5-6,9-10,13-15H2,1H3,(H,30,35)(H,32,36)/t21-,23-/m0/s1. The van der Waals surface area contributed by atoms with E-state index in [-0.39, 0.29) is 22.9 Å². The van der Waals surface area contributed by atoms with Crippen LogP contribution < -0.4 is 10.6 Å². The van der Waals surface area contributed by atoms with E-state index in [0.29, 0.717) is 25.4 Å². The summed E-state index contributed by atoms with van der Waals surface area (Å²) in [7, 11) is 0. The van der Waals surface area contributed by atoms with Crippen molar-refractivity contribution in [1.29, 1.82) is 0 Å². The van der Waals surface area contributed by atoms with Gasteiger partial charge in [-0.05, 0) is 56.4 Å². The fourth-order valence-electron chi connectivity index (χ4n) is 4.74. The maximum Gasteiger partial charge on any atom is 0.273 e. The average Bonchev–Trinajstić information content (AvgIpc) is 3.55. The Morgan fingerprint density at radius 1 is 1.14 bits per heavy atom. The molecule has 2 atom stereocenters. The van der Waals surface area contributed by atoms with Gasteiger partial charge in [0.15, 0.2) is 11.5 Å². The number of rotatable bonds is 8. The molecule has 1 saturated carbocycles. The smallest absolute Gasteiger partial charge is 0.273 e. The van der Waals surface area contributed by atoms with Crippen molar-refractivity contribution in [2.75, 3.05) is 19.6 Å². The van der Waals surface area contributed by atoms with Crippen LogP contribution in [0, 0.1) is 30.4 Å². The van der Waals surface area contributed by atoms with E-state index >= 15 is 0 Å². The molecule has 1 saturated heterocycles. The number of amides is 2. The van der Waals surface area contributed by atoms with Crippen LogP contribution in [0.3, 0.4) is 0 Å². The second kappa shape index (κ2) is 10.8. The first kappa shape index (κ1) is 25.0. The highest BCUT2D eigenvalue weighted by molar-refractivity contribution is 5.94. The van der Waals surface area contributed by atoms with Gasteiger partial charge in [0.2, 0.25) is 5.91 Å². The van der Waals surface area contributed by atoms with Crippen molar-refractivity contribution >= 4 is 11.8 Å². The first-order chi connectivity index (χ1) is 17.9. The number of halogens is 2. The van der Waals surface area contributed by atoms with Crippen molar-refractivity contribution in [3.63, 3.8) is 0 Å². The van der Waals surface area contributed by atoms with Crippen LogP contribution in [0.1, 0.15) is 41.1 Å². The molecular formula is C27H29F2N5O3. The van der Waals surface area contributed by atoms with Crippen molar-refractivity contribution in [3.8, 4) is 11.3 Å². The van der Waals surface area contributed by atoms with Crippen molar-refractivity contribution in [3.05, 3.63) is 71.2 Å². The summed E-state index contributed by atoms with van der Waals surface area (Å²) in [6.45, 7) is 4.47. The van der Waals surface area contributed by atoms with Gasteiger partial charge in [0.1, 0.15) is 11.6 Å². The van der Waals surface area contributed by atoms with Crippen LogP contribution in [-0.4, -0.2) is 52.5 Å². The minimum absolute atomic E-state index is 0.00310. The van der Waals surface area contributed by atoms with Gasteiger partial charge in [-0.2, -0.15) is 0 Å². The molecule has 2 fully saturated rings. The molecule has 37 heavy (non-hydrogen) atoms. The molecule has 0 radical (unpaired) electrons. The molecule has 2 N–H and O–H groups in total. The molecule has 2 amide bonds. The van der Waals surface area contributed by atoms with Crippen LogP contribution in [0.15, 0.2) is 47.0 Å². The van der Waals surface area contributed by atoms with Crippen LogP contribution in [-0.2, 0) is 11.3 Å². The van der Waals surface area contributed by atoms with E-state index in [1.54, 1.807) is 0 Å². The molecular weight excluding hydrogens is 480 g/mol. The normalized spacial score (nSPS) is 20.0. The molecule has 2 aliphatic rings. The summed E-state index contributed by atoms with van der Waals surface area (Å²) in [6.07, 6.45) is 3.04. The Balaban J connectivity index is 1.27. The lowest BCUT2D eigenvalue weighted by atomic mass is 9.90. The molecule has 1 aliphatic carbocycles. The first-order valence-electron chi connectivity index (χ1n) is 12.5. The Labute approximate surface area is 213 Å². The summed E-state index contributed by atoms with van der Waals surface area (Å²) in [4.78, 5) is 33.0. The van der Waals surface area contributed by atoms with Crippen molar-refractivity contribution in [2.45, 2.75) is 38.8 Å². The number of hydrogen-bond donors (Lipinski definition) is 2. The average molecular weight is 510 g/mol. The number of nitrogens with one attached hydrogen (secondary N) is 2. The van der Waals surface area contributed by atoms with Crippen molar-refractivity contribution < 1.29 is 22.9 Å². The summed E-state index contributed by atoms with van der Waals surface area (Å²) in [5.74, 6) is -1.95. The number of aryl methyl sites for hydroxylation is 1. The largest absolute Gasteiger partial charge is 0.355 e. The lowest BCUT2D eigenvalue weighted by molar-refractivity contribution is -0.127. The van der Waals surface area contributed by atoms with Gasteiger partial charge in [0.25, 0.3) is 5.91 Å². The van der Waals surface area contributed by atoms with Gasteiger partial charge >= 0.3 is 0 Å². The van der Waals surface area contributed by atoms with Crippen molar-refractivity contribution in [1.82, 2.24) is 25.7 Å². The zero-order valence-corrected chi connectivity index (χ0v) is 20.5. The van der Waals surface area contributed by atoms with Gasteiger partial charge in [0.05, 0.1) is 23.7 Å². The highest BCUT2D eigenvalue weighted by atomic mass is 19.1. The van der Waals surface area contributed by atoms with E-state index in [9.17, 15) is 18.4 Å². The number of benzene rings is 1. The molecule has 0 bridgehead atoms. The number of carbonyl (C=O) groups is 2. The van der Waals surface area contributed by atoms with E-state index in [4.69, 9.17) is 4.52 Å². The minimum Gasteiger partial charge on any atom is -0.355 e. The van der Waals surface area contributed by atoms with Crippen LogP contribution in [0.2, 0.25) is 0 Å². The monoisotopic (exact) mass is 509 g/mol. The lowest BCUT2D eigenvalue weighted by Crippen LogP contribution is -2.56. The zero-order valence-electron chi connectivity index (χ0n) is 20.5. The zero-order chi connectivity index (χ0) is 25.9. The molecule has 10 heteroatoms. The fourth-order valence-corrected chi connectivity index (χ4v) is 4.74. The topological polar surface area (TPSA) is 100 Å². The summed E-state index contributed by atoms with van der Waals surface area (Å²) >= 11 is 0. The quantitative estimate of drug-likeness (QED) is 0.482. The van der Waals surface area contributed by atoms with E-state index in [2.05, 4.69) is 25.7 Å². The number of pyridine rings is 1. The van der Waals surface area contributed by atoms with Crippen LogP contribution >= 0.6 is 0 Å². The molecule has 5 rings (SSSR count). The third-order valence-electron chi connectivity index (χ3n) is 6.89. The SMILES string of the molecule is Cc1cccc(CNC(=O)[C@H]2CN(CC3CC3)CC[C@@H]2NC(=O)c2cc(-c3ccc(F)cc3F)on2)n1. The summed E-state index contributed by atoms with van der Waals surface area (Å²) in [5.41, 5.74) is 1.60. The van der Waals surface area contributed by atoms with Gasteiger partial charge in [0, 0.05) is 43.5 Å². The van der Waals surface area contributed by atoms with E-state index in [1.807, 2.05) is 25.1 Å². The molecule has 1 aliphatic heterocycles. The van der Waals surface area contributed by atoms with Crippen LogP contribution in [0.5, 0.6) is 0 Å². The van der Waals surface area contributed by atoms with Gasteiger partial charge < -0.3 is 20.1 Å². The number of nitrogens with zero attached hydrogens (tertiary/aromatic N) is 3. The fraction of sp³-hybridized carbons (Fsp3) is 0.407. The molecule has 1 aromatic carbocycles. The predicted octanol–water partition coefficient (Wildman–Crippen LogP) is 3.47. The maximum atomic E-state index is 14.1. The summed E-state index contributed by atoms with van der Waals surface area (Å²) < 4.78 is 32.5. The van der Waals surface area contributed by atoms with Gasteiger partial charge in [-0.1, -0.05) is 11.2 Å². The third-order valence-corrected chi connectivity index (χ3v) is 6.89. The van der Waals surface area contributed by atoms with Crippen LogP contribution in [0.25, 0.3) is 11.3 Å². The van der Waals surface area contributed by atoms with Crippen molar-refractivity contribution in [2.24, 2.45) is 11.8 Å². The molecule has 194 valence electrons. The Morgan fingerprint density at radius 3 is 2.73 bits per heavy atom. The maximum absolute atomic E-state index is 14.1. The third kappa shape index (κ3) is 6.19. The molecule has 3 heterocycles. The van der Waals surface area contributed by atoms with Crippen LogP contribution in [0.4, 0.5) is 8.78 Å². The number of piperidine rings is 1. The number of likely N-dealkylation sites (tertiary alicyclic amines) is 1. The van der Waals surface area contributed by atoms with E-state index in [1.165, 1.54) is 25.0 Å². The Kier molecular flexibility index (Phi) is 7.27. The lowest BCUT2D eigenvalue weighted by Gasteiger charge is -2.38. The predicted molar refractivity (Wildman–Crippen MR) is 131 cm³/mol. The highest BCUT2D eigenvalue weighted by Gasteiger charge is 2.37. The second-order valence-electron chi connectivity index (χ2n) is 9.87. The Hall–Kier alpha value is -3.66. The molecule has 0 unspecified atom stereocenters. The van der Waals surface area contributed by atoms with E-state index in [0.717, 1.165) is 36.6 Å². The first-order valence-corrected chi connectivity index (χ1v) is 12.5. The Bertz CT molecular complexity index is 1290. The number of carbonyl (C=O) groups excluding carboxylic acids is 2. The molecule has 8 nitrogen and oxygen atoms in total. The van der Waals surface area contributed by atoms with E-state index < -0.39 is 29.5 Å². The highest BCUT2D eigenvalue weighted by Crippen LogP contribution is 2.31. The molecule has 2 aromatic heterocycles. The number of aromatic nitrogens is 2. The minimum atomic E-state index is -0.814. The Morgan fingerprint density at radius 2 is 1.97 bits per heavy atom. The molecule has 0 spiro atoms. The van der Waals surface area contributed by atoms with Gasteiger partial charge in [-0.3, -0.25) is 14.6 Å². The second-order valence-corrected chi connectivity index (χ2v) is 9.87. The molecule has 3 aromatic rings. The summed E-state index contributed by atoms with van der Waals surface area (Å²) in [5, 5.41) is 9.68. The summed E-state index contributed by atoms with van der Waals surface area (Å²) in [6, 6.07) is 9.63. The number of hydrogen-bond acceptors (Lipinski definition) is 6. The van der Waals surface area contributed by atoms with Gasteiger partial charge in [-0.25, -0.2) is 8.78 Å². The van der Waals surface area contributed by atoms with Gasteiger partial charge in [-0.15, -0.1) is 0 Å².